The van der Waals surface area contributed by atoms with Gasteiger partial charge in [-0.1, -0.05) is 6.07 Å². The van der Waals surface area contributed by atoms with E-state index in [1.165, 1.54) is 23.5 Å². The summed E-state index contributed by atoms with van der Waals surface area (Å²) in [5, 5.41) is 10.1. The molecule has 2 aromatic rings. The number of halogens is 2. The topological polar surface area (TPSA) is 20.2 Å². The highest BCUT2D eigenvalue weighted by molar-refractivity contribution is 7.12. The van der Waals surface area contributed by atoms with Crippen molar-refractivity contribution in [3.63, 3.8) is 0 Å². The van der Waals surface area contributed by atoms with Crippen molar-refractivity contribution in [3.05, 3.63) is 56.3 Å². The zero-order valence-electron chi connectivity index (χ0n) is 10.4. The van der Waals surface area contributed by atoms with Crippen LogP contribution in [0, 0.1) is 32.4 Å². The molecule has 0 aliphatic heterocycles. The summed E-state index contributed by atoms with van der Waals surface area (Å²) in [7, 11) is 0. The van der Waals surface area contributed by atoms with E-state index in [9.17, 15) is 13.9 Å². The van der Waals surface area contributed by atoms with Crippen LogP contribution in [0.5, 0.6) is 0 Å². The molecule has 0 bridgehead atoms. The summed E-state index contributed by atoms with van der Waals surface area (Å²) in [6.07, 6.45) is -1.25. The molecular weight excluding hydrogens is 254 g/mol. The Labute approximate surface area is 109 Å². The van der Waals surface area contributed by atoms with Gasteiger partial charge in [-0.05, 0) is 44.0 Å². The Hall–Kier alpha value is -1.26. The standard InChI is InChI=1S/C14H14F2OS/c1-7-4-5-10(15)12(13(7)16)14(17)11-6-8(2)9(3)18-11/h4-6,14,17H,1-3H3. The van der Waals surface area contributed by atoms with Gasteiger partial charge in [0.1, 0.15) is 17.7 Å². The molecule has 0 saturated carbocycles. The molecule has 0 saturated heterocycles. The number of rotatable bonds is 2. The third-order valence-electron chi connectivity index (χ3n) is 3.05. The second-order valence-corrected chi connectivity index (χ2v) is 5.67. The average Bonchev–Trinajstić information content (AvgIpc) is 2.65. The highest BCUT2D eigenvalue weighted by Crippen LogP contribution is 2.33. The van der Waals surface area contributed by atoms with Gasteiger partial charge < -0.3 is 5.11 Å². The van der Waals surface area contributed by atoms with Gasteiger partial charge in [-0.15, -0.1) is 11.3 Å². The molecule has 0 aliphatic carbocycles. The molecule has 1 atom stereocenters. The Morgan fingerprint density at radius 3 is 2.33 bits per heavy atom. The number of hydrogen-bond donors (Lipinski definition) is 1. The zero-order valence-corrected chi connectivity index (χ0v) is 11.2. The van der Waals surface area contributed by atoms with E-state index in [1.54, 1.807) is 13.0 Å². The SMILES string of the molecule is Cc1cc(C(O)c2c(F)ccc(C)c2F)sc1C. The minimum absolute atomic E-state index is 0.267. The summed E-state index contributed by atoms with van der Waals surface area (Å²) < 4.78 is 27.6. The maximum absolute atomic E-state index is 13.9. The number of thiophene rings is 1. The van der Waals surface area contributed by atoms with Crippen molar-refractivity contribution in [2.45, 2.75) is 26.9 Å². The summed E-state index contributed by atoms with van der Waals surface area (Å²) in [6, 6.07) is 4.32. The van der Waals surface area contributed by atoms with Crippen molar-refractivity contribution < 1.29 is 13.9 Å². The van der Waals surface area contributed by atoms with Gasteiger partial charge in [0, 0.05) is 9.75 Å². The number of aliphatic hydroxyl groups excluding tert-OH is 1. The van der Waals surface area contributed by atoms with Gasteiger partial charge >= 0.3 is 0 Å². The molecule has 4 heteroatoms. The molecule has 18 heavy (non-hydrogen) atoms. The summed E-state index contributed by atoms with van der Waals surface area (Å²) in [5.74, 6) is -1.39. The maximum Gasteiger partial charge on any atom is 0.135 e. The minimum atomic E-state index is -1.25. The van der Waals surface area contributed by atoms with Crippen LogP contribution in [0.25, 0.3) is 0 Å². The monoisotopic (exact) mass is 268 g/mol. The van der Waals surface area contributed by atoms with Crippen LogP contribution in [0.3, 0.4) is 0 Å². The predicted molar refractivity (Wildman–Crippen MR) is 68.9 cm³/mol. The molecular formula is C14H14F2OS. The van der Waals surface area contributed by atoms with Crippen LogP contribution < -0.4 is 0 Å². The molecule has 0 spiro atoms. The molecule has 1 heterocycles. The second-order valence-electron chi connectivity index (χ2n) is 4.38. The van der Waals surface area contributed by atoms with E-state index in [0.29, 0.717) is 10.4 Å². The van der Waals surface area contributed by atoms with Crippen molar-refractivity contribution in [2.75, 3.05) is 0 Å². The van der Waals surface area contributed by atoms with Gasteiger partial charge in [0.25, 0.3) is 0 Å². The minimum Gasteiger partial charge on any atom is -0.383 e. The highest BCUT2D eigenvalue weighted by Gasteiger charge is 2.22. The molecule has 1 aromatic carbocycles. The first-order valence-electron chi connectivity index (χ1n) is 5.61. The maximum atomic E-state index is 13.9. The number of benzene rings is 1. The summed E-state index contributed by atoms with van der Waals surface area (Å²) in [5.41, 5.74) is 1.08. The summed E-state index contributed by atoms with van der Waals surface area (Å²) in [4.78, 5) is 1.60. The molecule has 0 aliphatic rings. The van der Waals surface area contributed by atoms with E-state index in [1.807, 2.05) is 13.8 Å². The predicted octanol–water partition coefficient (Wildman–Crippen LogP) is 4.03. The summed E-state index contributed by atoms with van der Waals surface area (Å²) in [6.45, 7) is 5.38. The fraction of sp³-hybridized carbons (Fsp3) is 0.286. The third-order valence-corrected chi connectivity index (χ3v) is 4.25. The normalized spacial score (nSPS) is 12.8. The van der Waals surface area contributed by atoms with Crippen LogP contribution in [-0.2, 0) is 0 Å². The van der Waals surface area contributed by atoms with Crippen LogP contribution in [0.1, 0.15) is 32.5 Å². The number of aliphatic hydroxyl groups is 1. The van der Waals surface area contributed by atoms with Crippen molar-refractivity contribution in [2.24, 2.45) is 0 Å². The molecule has 1 nitrogen and oxygen atoms in total. The molecule has 0 amide bonds. The first-order valence-corrected chi connectivity index (χ1v) is 6.43. The van der Waals surface area contributed by atoms with Crippen molar-refractivity contribution >= 4 is 11.3 Å². The lowest BCUT2D eigenvalue weighted by atomic mass is 10.0. The van der Waals surface area contributed by atoms with Gasteiger partial charge in [0.15, 0.2) is 0 Å². The average molecular weight is 268 g/mol. The Morgan fingerprint density at radius 1 is 1.11 bits per heavy atom. The van der Waals surface area contributed by atoms with E-state index in [2.05, 4.69) is 0 Å². The van der Waals surface area contributed by atoms with Crippen molar-refractivity contribution in [1.82, 2.24) is 0 Å². The Bertz CT molecular complexity index is 570. The third kappa shape index (κ3) is 2.18. The molecule has 0 fully saturated rings. The molecule has 96 valence electrons. The zero-order chi connectivity index (χ0) is 13.4. The number of hydrogen-bond acceptors (Lipinski definition) is 2. The molecule has 1 aromatic heterocycles. The smallest absolute Gasteiger partial charge is 0.135 e. The van der Waals surface area contributed by atoms with Crippen LogP contribution in [-0.4, -0.2) is 5.11 Å². The fourth-order valence-electron chi connectivity index (χ4n) is 1.81. The van der Waals surface area contributed by atoms with Crippen molar-refractivity contribution in [3.8, 4) is 0 Å². The molecule has 2 rings (SSSR count). The Balaban J connectivity index is 2.52. The molecule has 1 unspecified atom stereocenters. The van der Waals surface area contributed by atoms with E-state index >= 15 is 0 Å². The lowest BCUT2D eigenvalue weighted by Gasteiger charge is -2.12. The molecule has 0 radical (unpaired) electrons. The van der Waals surface area contributed by atoms with E-state index in [0.717, 1.165) is 10.4 Å². The first kappa shape index (κ1) is 13.2. The van der Waals surface area contributed by atoms with Crippen LogP contribution in [0.4, 0.5) is 8.78 Å². The van der Waals surface area contributed by atoms with Crippen LogP contribution in [0.2, 0.25) is 0 Å². The number of aryl methyl sites for hydroxylation is 3. The van der Waals surface area contributed by atoms with Gasteiger partial charge in [0.2, 0.25) is 0 Å². The second kappa shape index (κ2) is 4.78. The van der Waals surface area contributed by atoms with Gasteiger partial charge in [0.05, 0.1) is 5.56 Å². The fourth-order valence-corrected chi connectivity index (χ4v) is 2.85. The highest BCUT2D eigenvalue weighted by atomic mass is 32.1. The summed E-state index contributed by atoms with van der Waals surface area (Å²) >= 11 is 1.36. The van der Waals surface area contributed by atoms with Gasteiger partial charge in [-0.25, -0.2) is 8.78 Å². The lowest BCUT2D eigenvalue weighted by Crippen LogP contribution is -2.05. The van der Waals surface area contributed by atoms with Crippen molar-refractivity contribution in [1.29, 1.82) is 0 Å². The Morgan fingerprint density at radius 2 is 1.78 bits per heavy atom. The van der Waals surface area contributed by atoms with E-state index in [-0.39, 0.29) is 5.56 Å². The first-order chi connectivity index (χ1) is 8.41. The molecule has 1 N–H and O–H groups in total. The van der Waals surface area contributed by atoms with Crippen LogP contribution >= 0.6 is 11.3 Å². The van der Waals surface area contributed by atoms with Gasteiger partial charge in [-0.3, -0.25) is 0 Å². The van der Waals surface area contributed by atoms with Crippen LogP contribution in [0.15, 0.2) is 18.2 Å². The van der Waals surface area contributed by atoms with E-state index in [4.69, 9.17) is 0 Å². The quantitative estimate of drug-likeness (QED) is 0.871. The largest absolute Gasteiger partial charge is 0.383 e. The van der Waals surface area contributed by atoms with E-state index < -0.39 is 17.7 Å². The lowest BCUT2D eigenvalue weighted by molar-refractivity contribution is 0.212. The van der Waals surface area contributed by atoms with Gasteiger partial charge in [-0.2, -0.15) is 0 Å². The Kier molecular flexibility index (Phi) is 3.50.